The summed E-state index contributed by atoms with van der Waals surface area (Å²) in [5.74, 6) is -0.134. The molecule has 2 atom stereocenters. The average Bonchev–Trinajstić information content (AvgIpc) is 2.38. The molecule has 4 heteroatoms. The zero-order valence-electron chi connectivity index (χ0n) is 13.2. The van der Waals surface area contributed by atoms with Crippen LogP contribution in [0.1, 0.15) is 44.2 Å². The largest absolute Gasteiger partial charge is 0.444 e. The Morgan fingerprint density at radius 3 is 2.57 bits per heavy atom. The van der Waals surface area contributed by atoms with Gasteiger partial charge in [0.2, 0.25) is 0 Å². The van der Waals surface area contributed by atoms with Gasteiger partial charge < -0.3 is 9.64 Å². The van der Waals surface area contributed by atoms with Crippen LogP contribution in [-0.2, 0) is 4.74 Å². The number of aryl methyl sites for hydroxylation is 1. The summed E-state index contributed by atoms with van der Waals surface area (Å²) in [6.07, 6.45) is -0.841. The van der Waals surface area contributed by atoms with Crippen LogP contribution in [0.5, 0.6) is 0 Å². The van der Waals surface area contributed by atoms with Gasteiger partial charge in [-0.2, -0.15) is 0 Å². The number of nitrogens with zero attached hydrogens (tertiary/aromatic N) is 1. The second-order valence-corrected chi connectivity index (χ2v) is 6.69. The third-order valence-electron chi connectivity index (χ3n) is 3.78. The lowest BCUT2D eigenvalue weighted by atomic mass is 9.85. The molecule has 1 aliphatic heterocycles. The van der Waals surface area contributed by atoms with Crippen molar-refractivity contribution in [1.29, 1.82) is 0 Å². The van der Waals surface area contributed by atoms with Crippen molar-refractivity contribution < 1.29 is 13.9 Å². The number of hydrogen-bond donors (Lipinski definition) is 0. The molecule has 116 valence electrons. The van der Waals surface area contributed by atoms with Gasteiger partial charge in [-0.3, -0.25) is 0 Å². The Labute approximate surface area is 126 Å². The molecule has 3 nitrogen and oxygen atoms in total. The molecule has 0 aromatic heterocycles. The van der Waals surface area contributed by atoms with Crippen molar-refractivity contribution in [2.24, 2.45) is 0 Å². The average molecular weight is 293 g/mol. The highest BCUT2D eigenvalue weighted by Crippen LogP contribution is 2.32. The zero-order valence-corrected chi connectivity index (χ0v) is 13.2. The molecule has 1 amide bonds. The van der Waals surface area contributed by atoms with Crippen molar-refractivity contribution in [3.05, 3.63) is 35.4 Å². The molecule has 0 spiro atoms. The number of alkyl halides is 1. The van der Waals surface area contributed by atoms with E-state index in [9.17, 15) is 9.18 Å². The van der Waals surface area contributed by atoms with E-state index < -0.39 is 17.9 Å². The standard InChI is InChI=1S/C17H24FNO2/c1-12-7-5-6-8-13(12)14-9-10-19(11-15(14)18)16(20)21-17(2,3)4/h5-8,14-15H,9-11H2,1-4H3/t14-,15+/m0/s1. The molecule has 0 radical (unpaired) electrons. The first-order valence-electron chi connectivity index (χ1n) is 7.45. The smallest absolute Gasteiger partial charge is 0.410 e. The Morgan fingerprint density at radius 2 is 2.00 bits per heavy atom. The highest BCUT2D eigenvalue weighted by molar-refractivity contribution is 5.68. The third-order valence-corrected chi connectivity index (χ3v) is 3.78. The minimum Gasteiger partial charge on any atom is -0.444 e. The summed E-state index contributed by atoms with van der Waals surface area (Å²) in [7, 11) is 0. The maximum absolute atomic E-state index is 14.5. The predicted octanol–water partition coefficient (Wildman–Crippen LogP) is 4.06. The van der Waals surface area contributed by atoms with Crippen LogP contribution >= 0.6 is 0 Å². The molecule has 21 heavy (non-hydrogen) atoms. The van der Waals surface area contributed by atoms with Crippen LogP contribution in [0.15, 0.2) is 24.3 Å². The fourth-order valence-corrected chi connectivity index (χ4v) is 2.75. The summed E-state index contributed by atoms with van der Waals surface area (Å²) >= 11 is 0. The molecule has 0 bridgehead atoms. The minimum atomic E-state index is -1.05. The molecule has 0 N–H and O–H groups in total. The van der Waals surface area contributed by atoms with Crippen molar-refractivity contribution >= 4 is 6.09 Å². The number of amides is 1. The molecular formula is C17H24FNO2. The molecule has 1 saturated heterocycles. The van der Waals surface area contributed by atoms with Gasteiger partial charge in [0.15, 0.2) is 0 Å². The van der Waals surface area contributed by atoms with Crippen molar-refractivity contribution in [2.75, 3.05) is 13.1 Å². The molecular weight excluding hydrogens is 269 g/mol. The zero-order chi connectivity index (χ0) is 15.6. The molecule has 1 aromatic rings. The Kier molecular flexibility index (Phi) is 4.55. The number of rotatable bonds is 1. The first-order valence-corrected chi connectivity index (χ1v) is 7.45. The van der Waals surface area contributed by atoms with E-state index in [1.807, 2.05) is 52.0 Å². The monoisotopic (exact) mass is 293 g/mol. The summed E-state index contributed by atoms with van der Waals surface area (Å²) in [6, 6.07) is 7.88. The molecule has 2 rings (SSSR count). The number of likely N-dealkylation sites (tertiary alicyclic amines) is 1. The van der Waals surface area contributed by atoms with Crippen LogP contribution in [0.3, 0.4) is 0 Å². The van der Waals surface area contributed by atoms with E-state index in [1.54, 1.807) is 0 Å². The SMILES string of the molecule is Cc1ccccc1[C@@H]1CCN(C(=O)OC(C)(C)C)C[C@H]1F. The quantitative estimate of drug-likeness (QED) is 0.781. The summed E-state index contributed by atoms with van der Waals surface area (Å²) in [4.78, 5) is 13.5. The van der Waals surface area contributed by atoms with Gasteiger partial charge in [-0.15, -0.1) is 0 Å². The number of halogens is 1. The number of ether oxygens (including phenoxy) is 1. The van der Waals surface area contributed by atoms with Crippen LogP contribution in [0.25, 0.3) is 0 Å². The van der Waals surface area contributed by atoms with Crippen LogP contribution in [0.2, 0.25) is 0 Å². The van der Waals surface area contributed by atoms with Gasteiger partial charge in [0, 0.05) is 12.5 Å². The molecule has 1 fully saturated rings. The van der Waals surface area contributed by atoms with Crippen molar-refractivity contribution in [1.82, 2.24) is 4.90 Å². The molecule has 0 saturated carbocycles. The van der Waals surface area contributed by atoms with E-state index in [1.165, 1.54) is 4.90 Å². The van der Waals surface area contributed by atoms with E-state index in [0.29, 0.717) is 13.0 Å². The normalized spacial score (nSPS) is 23.0. The van der Waals surface area contributed by atoms with Gasteiger partial charge in [-0.25, -0.2) is 9.18 Å². The second kappa shape index (κ2) is 6.04. The number of carbonyl (C=O) groups excluding carboxylic acids is 1. The second-order valence-electron chi connectivity index (χ2n) is 6.69. The number of hydrogen-bond acceptors (Lipinski definition) is 2. The van der Waals surface area contributed by atoms with Crippen LogP contribution in [0.4, 0.5) is 9.18 Å². The summed E-state index contributed by atoms with van der Waals surface area (Å²) < 4.78 is 19.8. The van der Waals surface area contributed by atoms with E-state index in [2.05, 4.69) is 0 Å². The fraction of sp³-hybridized carbons (Fsp3) is 0.588. The van der Waals surface area contributed by atoms with Gasteiger partial charge in [0.1, 0.15) is 11.8 Å². The van der Waals surface area contributed by atoms with Crippen LogP contribution in [-0.4, -0.2) is 35.9 Å². The van der Waals surface area contributed by atoms with Gasteiger partial charge in [-0.1, -0.05) is 24.3 Å². The van der Waals surface area contributed by atoms with Gasteiger partial charge in [-0.05, 0) is 45.2 Å². The summed E-state index contributed by atoms with van der Waals surface area (Å²) in [5, 5.41) is 0. The van der Waals surface area contributed by atoms with Crippen molar-refractivity contribution in [3.8, 4) is 0 Å². The number of benzene rings is 1. The Bertz CT molecular complexity index is 510. The summed E-state index contributed by atoms with van der Waals surface area (Å²) in [6.45, 7) is 8.10. The predicted molar refractivity (Wildman–Crippen MR) is 81.2 cm³/mol. The van der Waals surface area contributed by atoms with E-state index >= 15 is 0 Å². The van der Waals surface area contributed by atoms with E-state index in [4.69, 9.17) is 4.74 Å². The lowest BCUT2D eigenvalue weighted by Gasteiger charge is -2.36. The third kappa shape index (κ3) is 3.96. The highest BCUT2D eigenvalue weighted by atomic mass is 19.1. The van der Waals surface area contributed by atoms with Gasteiger partial charge in [0.05, 0.1) is 6.54 Å². The lowest BCUT2D eigenvalue weighted by molar-refractivity contribution is 0.0111. The van der Waals surface area contributed by atoms with E-state index in [-0.39, 0.29) is 12.5 Å². The Morgan fingerprint density at radius 1 is 1.33 bits per heavy atom. The van der Waals surface area contributed by atoms with Crippen molar-refractivity contribution in [3.63, 3.8) is 0 Å². The maximum Gasteiger partial charge on any atom is 0.410 e. The first kappa shape index (κ1) is 15.8. The topological polar surface area (TPSA) is 29.5 Å². The first-order chi connectivity index (χ1) is 9.78. The molecule has 0 aliphatic carbocycles. The highest BCUT2D eigenvalue weighted by Gasteiger charge is 2.34. The molecule has 0 unspecified atom stereocenters. The van der Waals surface area contributed by atoms with Gasteiger partial charge in [0.25, 0.3) is 0 Å². The summed E-state index contributed by atoms with van der Waals surface area (Å²) in [5.41, 5.74) is 1.61. The van der Waals surface area contributed by atoms with E-state index in [0.717, 1.165) is 11.1 Å². The number of carbonyl (C=O) groups is 1. The van der Waals surface area contributed by atoms with Crippen molar-refractivity contribution in [2.45, 2.75) is 51.8 Å². The van der Waals surface area contributed by atoms with Gasteiger partial charge >= 0.3 is 6.09 Å². The number of piperidine rings is 1. The van der Waals surface area contributed by atoms with Crippen LogP contribution < -0.4 is 0 Å². The minimum absolute atomic E-state index is 0.105. The molecule has 1 aliphatic rings. The van der Waals surface area contributed by atoms with Crippen LogP contribution in [0, 0.1) is 6.92 Å². The Balaban J connectivity index is 2.03. The molecule has 1 aromatic carbocycles. The lowest BCUT2D eigenvalue weighted by Crippen LogP contribution is -2.46. The fourth-order valence-electron chi connectivity index (χ4n) is 2.75. The maximum atomic E-state index is 14.5. The molecule has 1 heterocycles. The Hall–Kier alpha value is -1.58.